The highest BCUT2D eigenvalue weighted by Gasteiger charge is 2.48. The smallest absolute Gasteiger partial charge is 0.0106 e. The molecule has 0 radical (unpaired) electrons. The fourth-order valence-corrected chi connectivity index (χ4v) is 6.71. The van der Waals surface area contributed by atoms with E-state index in [2.05, 4.69) is 66.0 Å². The van der Waals surface area contributed by atoms with E-state index in [1.807, 2.05) is 0 Å². The Morgan fingerprint density at radius 2 is 1.83 bits per heavy atom. The van der Waals surface area contributed by atoms with Gasteiger partial charge in [0.15, 0.2) is 0 Å². The van der Waals surface area contributed by atoms with Gasteiger partial charge in [0.05, 0.1) is 0 Å². The number of hydrogen-bond acceptors (Lipinski definition) is 0. The summed E-state index contributed by atoms with van der Waals surface area (Å²) < 4.78 is 0. The van der Waals surface area contributed by atoms with Crippen molar-refractivity contribution in [2.45, 2.75) is 105 Å². The van der Waals surface area contributed by atoms with Crippen LogP contribution in [0.3, 0.4) is 0 Å². The van der Waals surface area contributed by atoms with E-state index < -0.39 is 0 Å². The zero-order valence-electron chi connectivity index (χ0n) is 20.7. The molecule has 0 spiro atoms. The SMILES string of the molecule is C=CC1(C)CC/C(=C\C=C2/CCCC3(C)C(CCCC(C)C(C)C)CCC23)C(=C)C1. The molecule has 5 unspecified atom stereocenters. The Morgan fingerprint density at radius 3 is 2.50 bits per heavy atom. The molecule has 30 heavy (non-hydrogen) atoms. The summed E-state index contributed by atoms with van der Waals surface area (Å²) in [5.41, 5.74) is 5.37. The molecule has 3 aliphatic rings. The molecule has 0 bridgehead atoms. The fourth-order valence-electron chi connectivity index (χ4n) is 6.71. The second-order valence-electron chi connectivity index (χ2n) is 11.9. The largest absolute Gasteiger partial charge is 0.103 e. The Hall–Kier alpha value is -1.04. The van der Waals surface area contributed by atoms with E-state index in [4.69, 9.17) is 0 Å². The van der Waals surface area contributed by atoms with Gasteiger partial charge < -0.3 is 0 Å². The van der Waals surface area contributed by atoms with E-state index in [-0.39, 0.29) is 5.41 Å². The molecule has 0 aromatic heterocycles. The van der Waals surface area contributed by atoms with Crippen LogP contribution in [0.25, 0.3) is 0 Å². The van der Waals surface area contributed by atoms with Gasteiger partial charge in [-0.2, -0.15) is 0 Å². The molecule has 0 aliphatic heterocycles. The van der Waals surface area contributed by atoms with E-state index in [0.29, 0.717) is 5.41 Å². The molecule has 0 heteroatoms. The normalized spacial score (nSPS) is 38.3. The van der Waals surface area contributed by atoms with Gasteiger partial charge in [0.2, 0.25) is 0 Å². The lowest BCUT2D eigenvalue weighted by Crippen LogP contribution is -2.33. The lowest BCUT2D eigenvalue weighted by molar-refractivity contribution is 0.125. The molecule has 0 amide bonds. The van der Waals surface area contributed by atoms with Crippen molar-refractivity contribution in [1.29, 1.82) is 0 Å². The summed E-state index contributed by atoms with van der Waals surface area (Å²) in [5, 5.41) is 0. The van der Waals surface area contributed by atoms with E-state index >= 15 is 0 Å². The molecule has 3 fully saturated rings. The number of rotatable bonds is 7. The van der Waals surface area contributed by atoms with Gasteiger partial charge in [-0.1, -0.05) is 83.4 Å². The molecule has 0 aromatic carbocycles. The van der Waals surface area contributed by atoms with Crippen LogP contribution in [-0.4, -0.2) is 0 Å². The second kappa shape index (κ2) is 9.62. The number of fused-ring (bicyclic) bond motifs is 1. The molecular weight excluding hydrogens is 360 g/mol. The fraction of sp³-hybridized carbons (Fsp3) is 0.733. The third kappa shape index (κ3) is 5.05. The molecule has 0 nitrogen and oxygen atoms in total. The van der Waals surface area contributed by atoms with Gasteiger partial charge in [0.1, 0.15) is 0 Å². The van der Waals surface area contributed by atoms with E-state index in [0.717, 1.165) is 36.5 Å². The monoisotopic (exact) mass is 408 g/mol. The van der Waals surface area contributed by atoms with Gasteiger partial charge in [-0.15, -0.1) is 6.58 Å². The van der Waals surface area contributed by atoms with Crippen molar-refractivity contribution in [2.24, 2.45) is 34.5 Å². The van der Waals surface area contributed by atoms with E-state index in [1.54, 1.807) is 5.57 Å². The van der Waals surface area contributed by atoms with Crippen molar-refractivity contribution in [2.75, 3.05) is 0 Å². The maximum atomic E-state index is 4.41. The Kier molecular flexibility index (Phi) is 7.57. The predicted molar refractivity (Wildman–Crippen MR) is 133 cm³/mol. The van der Waals surface area contributed by atoms with Crippen LogP contribution >= 0.6 is 0 Å². The molecule has 3 saturated carbocycles. The number of allylic oxidation sites excluding steroid dienone is 6. The first-order valence-corrected chi connectivity index (χ1v) is 12.9. The maximum absolute atomic E-state index is 4.41. The van der Waals surface area contributed by atoms with Crippen LogP contribution in [0, 0.1) is 34.5 Å². The summed E-state index contributed by atoms with van der Waals surface area (Å²) in [6.07, 6.45) is 21.9. The average Bonchev–Trinajstić information content (AvgIpc) is 3.04. The Bertz CT molecular complexity index is 689. The lowest BCUT2D eigenvalue weighted by Gasteiger charge is -2.42. The molecule has 0 saturated heterocycles. The first-order valence-electron chi connectivity index (χ1n) is 12.9. The summed E-state index contributed by atoms with van der Waals surface area (Å²) in [6, 6.07) is 0. The van der Waals surface area contributed by atoms with Crippen LogP contribution in [0.2, 0.25) is 0 Å². The Labute approximate surface area is 188 Å². The van der Waals surface area contributed by atoms with Gasteiger partial charge in [0.25, 0.3) is 0 Å². The van der Waals surface area contributed by atoms with Crippen LogP contribution < -0.4 is 0 Å². The first-order chi connectivity index (χ1) is 14.2. The van der Waals surface area contributed by atoms with Gasteiger partial charge in [-0.25, -0.2) is 0 Å². The zero-order chi connectivity index (χ0) is 21.9. The van der Waals surface area contributed by atoms with Crippen molar-refractivity contribution in [3.63, 3.8) is 0 Å². The second-order valence-corrected chi connectivity index (χ2v) is 11.9. The molecule has 5 atom stereocenters. The third-order valence-electron chi connectivity index (χ3n) is 9.54. The summed E-state index contributed by atoms with van der Waals surface area (Å²) in [7, 11) is 0. The van der Waals surface area contributed by atoms with Crippen LogP contribution in [0.15, 0.2) is 48.1 Å². The minimum Gasteiger partial charge on any atom is -0.103 e. The highest BCUT2D eigenvalue weighted by Crippen LogP contribution is 2.58. The summed E-state index contributed by atoms with van der Waals surface area (Å²) >= 11 is 0. The first kappa shape index (κ1) is 23.6. The maximum Gasteiger partial charge on any atom is -0.0106 e. The van der Waals surface area contributed by atoms with Gasteiger partial charge in [0, 0.05) is 0 Å². The van der Waals surface area contributed by atoms with Gasteiger partial charge in [-0.05, 0) is 97.9 Å². The van der Waals surface area contributed by atoms with Crippen LogP contribution in [0.4, 0.5) is 0 Å². The van der Waals surface area contributed by atoms with Crippen LogP contribution in [0.5, 0.6) is 0 Å². The lowest BCUT2D eigenvalue weighted by atomic mass is 9.62. The quantitative estimate of drug-likeness (QED) is 0.368. The summed E-state index contributed by atoms with van der Waals surface area (Å²) in [4.78, 5) is 0. The van der Waals surface area contributed by atoms with Crippen molar-refractivity contribution in [3.8, 4) is 0 Å². The Morgan fingerprint density at radius 1 is 1.07 bits per heavy atom. The minimum atomic E-state index is 0.247. The topological polar surface area (TPSA) is 0 Å². The van der Waals surface area contributed by atoms with Crippen molar-refractivity contribution in [1.82, 2.24) is 0 Å². The predicted octanol–water partition coefficient (Wildman–Crippen LogP) is 9.45. The average molecular weight is 409 g/mol. The standard InChI is InChI=1S/C30H48/c1-8-29(6)20-18-25(24(5)21-29)14-15-26-12-10-19-30(7)27(16-17-28(26)30)13-9-11-23(4)22(2)3/h8,14-15,22-23,27-28H,1,5,9-13,16-21H2,2-4,6-7H3/b25-14+,26-15+. The van der Waals surface area contributed by atoms with Crippen LogP contribution in [-0.2, 0) is 0 Å². The summed E-state index contributed by atoms with van der Waals surface area (Å²) in [5.74, 6) is 3.46. The highest BCUT2D eigenvalue weighted by atomic mass is 14.5. The van der Waals surface area contributed by atoms with Gasteiger partial charge >= 0.3 is 0 Å². The molecular formula is C30H48. The molecule has 3 rings (SSSR count). The van der Waals surface area contributed by atoms with E-state index in [9.17, 15) is 0 Å². The van der Waals surface area contributed by atoms with Crippen LogP contribution in [0.1, 0.15) is 105 Å². The molecule has 0 heterocycles. The van der Waals surface area contributed by atoms with Gasteiger partial charge in [-0.3, -0.25) is 0 Å². The van der Waals surface area contributed by atoms with E-state index in [1.165, 1.54) is 68.9 Å². The molecule has 168 valence electrons. The zero-order valence-corrected chi connectivity index (χ0v) is 20.7. The third-order valence-corrected chi connectivity index (χ3v) is 9.54. The number of hydrogen-bond donors (Lipinski definition) is 0. The minimum absolute atomic E-state index is 0.247. The van der Waals surface area contributed by atoms with Crippen molar-refractivity contribution >= 4 is 0 Å². The van der Waals surface area contributed by atoms with Crippen molar-refractivity contribution < 1.29 is 0 Å². The summed E-state index contributed by atoms with van der Waals surface area (Å²) in [6.45, 7) is 20.6. The molecule has 0 N–H and O–H groups in total. The van der Waals surface area contributed by atoms with Crippen molar-refractivity contribution in [3.05, 3.63) is 48.1 Å². The molecule has 0 aromatic rings. The Balaban J connectivity index is 1.65. The highest BCUT2D eigenvalue weighted by molar-refractivity contribution is 5.37. The molecule has 3 aliphatic carbocycles.